The van der Waals surface area contributed by atoms with E-state index in [2.05, 4.69) is 5.32 Å². The number of aryl methyl sites for hydroxylation is 2. The van der Waals surface area contributed by atoms with Crippen molar-refractivity contribution in [2.75, 3.05) is 13.2 Å². The minimum absolute atomic E-state index is 0.00368. The van der Waals surface area contributed by atoms with Crippen molar-refractivity contribution in [3.8, 4) is 5.75 Å². The van der Waals surface area contributed by atoms with Gasteiger partial charge in [-0.05, 0) is 49.4 Å². The third kappa shape index (κ3) is 3.24. The number of carbonyl (C=O) groups is 2. The van der Waals surface area contributed by atoms with Crippen LogP contribution in [0.1, 0.15) is 29.5 Å². The van der Waals surface area contributed by atoms with Crippen LogP contribution >= 0.6 is 0 Å². The van der Waals surface area contributed by atoms with Crippen molar-refractivity contribution in [2.24, 2.45) is 0 Å². The topological polar surface area (TPSA) is 78.9 Å². The van der Waals surface area contributed by atoms with E-state index in [9.17, 15) is 14.7 Å². The van der Waals surface area contributed by atoms with Crippen molar-refractivity contribution in [3.05, 3.63) is 65.2 Å². The highest BCUT2D eigenvalue weighted by atomic mass is 16.5. The molecule has 1 aliphatic carbocycles. The number of nitrogens with zero attached hydrogens (tertiary/aromatic N) is 1. The highest BCUT2D eigenvalue weighted by molar-refractivity contribution is 6.07. The van der Waals surface area contributed by atoms with Crippen molar-refractivity contribution >= 4 is 11.9 Å². The number of ether oxygens (including phenoxy) is 1. The fourth-order valence-corrected chi connectivity index (χ4v) is 4.07. The summed E-state index contributed by atoms with van der Waals surface area (Å²) < 4.78 is 5.58. The number of imide groups is 1. The summed E-state index contributed by atoms with van der Waals surface area (Å²) in [7, 11) is 0. The molecule has 146 valence electrons. The predicted octanol–water partition coefficient (Wildman–Crippen LogP) is 2.52. The lowest BCUT2D eigenvalue weighted by Gasteiger charge is -2.33. The van der Waals surface area contributed by atoms with Gasteiger partial charge in [0.1, 0.15) is 24.0 Å². The van der Waals surface area contributed by atoms with E-state index in [1.54, 1.807) is 0 Å². The second kappa shape index (κ2) is 7.28. The zero-order chi connectivity index (χ0) is 19.7. The summed E-state index contributed by atoms with van der Waals surface area (Å²) in [6.45, 7) is 1.89. The molecule has 2 N–H and O–H groups in total. The molecule has 0 aromatic heterocycles. The number of β-amino-alcohol motifs (C(OH)–C–C–N with tert-alkyl or cyclic N) is 1. The molecule has 1 spiro atoms. The molecule has 2 atom stereocenters. The van der Waals surface area contributed by atoms with Crippen LogP contribution in [0.3, 0.4) is 0 Å². The largest absolute Gasteiger partial charge is 0.491 e. The average molecular weight is 380 g/mol. The Morgan fingerprint density at radius 1 is 1.18 bits per heavy atom. The molecule has 0 radical (unpaired) electrons. The summed E-state index contributed by atoms with van der Waals surface area (Å²) in [6, 6.07) is 14.8. The Bertz CT molecular complexity index is 896. The number of rotatable bonds is 5. The van der Waals surface area contributed by atoms with E-state index in [1.165, 1.54) is 0 Å². The minimum atomic E-state index is -1.01. The number of hydrogen-bond donors (Lipinski definition) is 2. The standard InChI is InChI=1S/C22H24N2O4/c1-15-8-10-18(11-9-15)28-14-17(25)13-24-20(26)22(23-21(24)27)12-4-6-16-5-2-3-7-19(16)22/h2-3,5,7-11,17,25H,4,6,12-14H2,1H3,(H,23,27)/t17-,22-/m0/s1. The maximum atomic E-state index is 13.2. The number of nitrogens with one attached hydrogen (secondary N) is 1. The van der Waals surface area contributed by atoms with Gasteiger partial charge < -0.3 is 15.2 Å². The predicted molar refractivity (Wildman–Crippen MR) is 104 cm³/mol. The number of hydrogen-bond acceptors (Lipinski definition) is 4. The molecule has 3 amide bonds. The van der Waals surface area contributed by atoms with Gasteiger partial charge >= 0.3 is 6.03 Å². The lowest BCUT2D eigenvalue weighted by molar-refractivity contribution is -0.133. The summed E-state index contributed by atoms with van der Waals surface area (Å²) >= 11 is 0. The number of benzene rings is 2. The highest BCUT2D eigenvalue weighted by Gasteiger charge is 2.54. The van der Waals surface area contributed by atoms with E-state index in [1.807, 2.05) is 55.5 Å². The average Bonchev–Trinajstić information content (AvgIpc) is 2.93. The molecule has 2 aliphatic rings. The van der Waals surface area contributed by atoms with Crippen molar-refractivity contribution in [3.63, 3.8) is 0 Å². The van der Waals surface area contributed by atoms with Crippen LogP contribution in [0, 0.1) is 6.92 Å². The molecule has 0 unspecified atom stereocenters. The molecule has 2 aromatic rings. The summed E-state index contributed by atoms with van der Waals surface area (Å²) in [5.41, 5.74) is 2.06. The number of urea groups is 1. The summed E-state index contributed by atoms with van der Waals surface area (Å²) in [5, 5.41) is 13.2. The Morgan fingerprint density at radius 3 is 2.71 bits per heavy atom. The van der Waals surface area contributed by atoms with Gasteiger partial charge in [0.05, 0.1) is 6.54 Å². The van der Waals surface area contributed by atoms with Crippen molar-refractivity contribution in [1.82, 2.24) is 10.2 Å². The third-order valence-electron chi connectivity index (χ3n) is 5.51. The first kappa shape index (κ1) is 18.5. The van der Waals surface area contributed by atoms with Crippen LogP contribution in [0.25, 0.3) is 0 Å². The van der Waals surface area contributed by atoms with Crippen LogP contribution in [-0.4, -0.2) is 41.2 Å². The SMILES string of the molecule is Cc1ccc(OC[C@@H](O)CN2C(=O)N[C@]3(CCCc4ccccc43)C2=O)cc1. The van der Waals surface area contributed by atoms with Gasteiger partial charge in [-0.15, -0.1) is 0 Å². The van der Waals surface area contributed by atoms with Crippen LogP contribution in [-0.2, 0) is 16.8 Å². The Labute approximate surface area is 164 Å². The van der Waals surface area contributed by atoms with Gasteiger partial charge in [-0.1, -0.05) is 42.0 Å². The second-order valence-electron chi connectivity index (χ2n) is 7.54. The molecule has 28 heavy (non-hydrogen) atoms. The molecule has 4 rings (SSSR count). The molecule has 1 saturated heterocycles. The lowest BCUT2D eigenvalue weighted by Crippen LogP contribution is -2.47. The molecule has 1 heterocycles. The van der Waals surface area contributed by atoms with E-state index in [-0.39, 0.29) is 19.1 Å². The number of aliphatic hydroxyl groups is 1. The van der Waals surface area contributed by atoms with Crippen LogP contribution in [0.2, 0.25) is 0 Å². The quantitative estimate of drug-likeness (QED) is 0.782. The van der Waals surface area contributed by atoms with Crippen molar-refractivity contribution < 1.29 is 19.4 Å². The lowest BCUT2D eigenvalue weighted by atomic mass is 9.76. The van der Waals surface area contributed by atoms with Gasteiger partial charge in [0.15, 0.2) is 0 Å². The van der Waals surface area contributed by atoms with Gasteiger partial charge in [-0.25, -0.2) is 4.79 Å². The Kier molecular flexibility index (Phi) is 4.81. The van der Waals surface area contributed by atoms with E-state index >= 15 is 0 Å². The number of amides is 3. The Balaban J connectivity index is 1.45. The van der Waals surface area contributed by atoms with Gasteiger partial charge in [0.2, 0.25) is 0 Å². The first-order valence-corrected chi connectivity index (χ1v) is 9.60. The first-order valence-electron chi connectivity index (χ1n) is 9.60. The van der Waals surface area contributed by atoms with Crippen LogP contribution in [0.4, 0.5) is 4.79 Å². The van der Waals surface area contributed by atoms with Gasteiger partial charge in [-0.3, -0.25) is 9.69 Å². The third-order valence-corrected chi connectivity index (χ3v) is 5.51. The summed E-state index contributed by atoms with van der Waals surface area (Å²) in [6.07, 6.45) is 1.33. The zero-order valence-corrected chi connectivity index (χ0v) is 15.9. The fraction of sp³-hybridized carbons (Fsp3) is 0.364. The smallest absolute Gasteiger partial charge is 0.325 e. The molecular weight excluding hydrogens is 356 g/mol. The molecule has 6 heteroatoms. The molecular formula is C22H24N2O4. The van der Waals surface area contributed by atoms with Crippen LogP contribution in [0.5, 0.6) is 5.75 Å². The first-order chi connectivity index (χ1) is 13.5. The molecule has 0 bridgehead atoms. The van der Waals surface area contributed by atoms with E-state index in [4.69, 9.17) is 4.74 Å². The van der Waals surface area contributed by atoms with Crippen LogP contribution < -0.4 is 10.1 Å². The molecule has 1 fully saturated rings. The summed E-state index contributed by atoms with van der Waals surface area (Å²) in [5.74, 6) is 0.346. The highest BCUT2D eigenvalue weighted by Crippen LogP contribution is 2.39. The molecule has 2 aromatic carbocycles. The number of fused-ring (bicyclic) bond motifs is 2. The Morgan fingerprint density at radius 2 is 1.93 bits per heavy atom. The normalized spacial score (nSPS) is 22.1. The maximum Gasteiger partial charge on any atom is 0.325 e. The second-order valence-corrected chi connectivity index (χ2v) is 7.54. The number of carbonyl (C=O) groups excluding carboxylic acids is 2. The van der Waals surface area contributed by atoms with E-state index in [0.717, 1.165) is 34.4 Å². The van der Waals surface area contributed by atoms with Gasteiger partial charge in [0.25, 0.3) is 5.91 Å². The molecule has 1 aliphatic heterocycles. The van der Waals surface area contributed by atoms with E-state index in [0.29, 0.717) is 12.2 Å². The zero-order valence-electron chi connectivity index (χ0n) is 15.9. The fourth-order valence-electron chi connectivity index (χ4n) is 4.07. The minimum Gasteiger partial charge on any atom is -0.491 e. The number of aliphatic hydroxyl groups excluding tert-OH is 1. The van der Waals surface area contributed by atoms with Crippen LogP contribution in [0.15, 0.2) is 48.5 Å². The Hall–Kier alpha value is -2.86. The summed E-state index contributed by atoms with van der Waals surface area (Å²) in [4.78, 5) is 26.9. The molecule has 6 nitrogen and oxygen atoms in total. The van der Waals surface area contributed by atoms with Crippen molar-refractivity contribution in [2.45, 2.75) is 37.8 Å². The van der Waals surface area contributed by atoms with E-state index < -0.39 is 17.7 Å². The maximum absolute atomic E-state index is 13.2. The van der Waals surface area contributed by atoms with Crippen molar-refractivity contribution in [1.29, 1.82) is 0 Å². The van der Waals surface area contributed by atoms with Gasteiger partial charge in [-0.2, -0.15) is 0 Å². The monoisotopic (exact) mass is 380 g/mol. The molecule has 0 saturated carbocycles. The van der Waals surface area contributed by atoms with Gasteiger partial charge in [0, 0.05) is 0 Å².